The summed E-state index contributed by atoms with van der Waals surface area (Å²) in [6.45, 7) is 0. The van der Waals surface area contributed by atoms with Gasteiger partial charge in [0.25, 0.3) is 11.6 Å². The Hall–Kier alpha value is -2.84. The monoisotopic (exact) mass is 300 g/mol. The molecular formula is C15H9ClN2O3. The van der Waals surface area contributed by atoms with Crippen LogP contribution in [0.4, 0.5) is 11.4 Å². The number of carbonyl (C=O) groups excluding carboxylic acids is 1. The second-order valence-corrected chi connectivity index (χ2v) is 4.51. The van der Waals surface area contributed by atoms with E-state index in [9.17, 15) is 14.9 Å². The van der Waals surface area contributed by atoms with Crippen LogP contribution in [-0.4, -0.2) is 10.8 Å². The number of hydrogen-bond acceptors (Lipinski definition) is 3. The van der Waals surface area contributed by atoms with Gasteiger partial charge in [-0.2, -0.15) is 0 Å². The van der Waals surface area contributed by atoms with Crippen LogP contribution in [0.2, 0.25) is 5.02 Å². The number of nitro benzene ring substituents is 1. The van der Waals surface area contributed by atoms with E-state index in [1.807, 2.05) is 0 Å². The number of nitrogens with zero attached hydrogens (tertiary/aromatic N) is 1. The van der Waals surface area contributed by atoms with Crippen LogP contribution in [0, 0.1) is 22.5 Å². The first-order chi connectivity index (χ1) is 10.0. The molecule has 1 amide bonds. The molecule has 0 aliphatic heterocycles. The molecule has 0 atom stereocenters. The van der Waals surface area contributed by atoms with E-state index in [1.165, 1.54) is 12.1 Å². The third-order valence-corrected chi connectivity index (χ3v) is 3.01. The minimum absolute atomic E-state index is 0.0223. The van der Waals surface area contributed by atoms with Crippen molar-refractivity contribution in [1.82, 2.24) is 0 Å². The van der Waals surface area contributed by atoms with E-state index in [0.717, 1.165) is 6.07 Å². The second kappa shape index (κ2) is 6.07. The maximum Gasteiger partial charge on any atom is 0.288 e. The molecule has 0 aliphatic carbocycles. The number of terminal acetylenes is 1. The lowest BCUT2D eigenvalue weighted by Gasteiger charge is -2.06. The standard InChI is InChI=1S/C15H9ClN2O3/c1-2-10-4-3-5-12(8-10)17-15(19)11-6-7-13(16)14(9-11)18(20)21/h1,3-9H,(H,17,19). The van der Waals surface area contributed by atoms with E-state index >= 15 is 0 Å². The average Bonchev–Trinajstić information content (AvgIpc) is 2.47. The smallest absolute Gasteiger partial charge is 0.288 e. The van der Waals surface area contributed by atoms with E-state index in [-0.39, 0.29) is 16.3 Å². The predicted octanol–water partition coefficient (Wildman–Crippen LogP) is 3.48. The highest BCUT2D eigenvalue weighted by atomic mass is 35.5. The number of amides is 1. The Morgan fingerprint density at radius 2 is 2.05 bits per heavy atom. The second-order valence-electron chi connectivity index (χ2n) is 4.10. The van der Waals surface area contributed by atoms with Gasteiger partial charge < -0.3 is 5.32 Å². The summed E-state index contributed by atoms with van der Waals surface area (Å²) in [5.74, 6) is 1.97. The molecule has 0 fully saturated rings. The third-order valence-electron chi connectivity index (χ3n) is 2.69. The topological polar surface area (TPSA) is 72.2 Å². The van der Waals surface area contributed by atoms with E-state index in [0.29, 0.717) is 11.3 Å². The SMILES string of the molecule is C#Cc1cccc(NC(=O)c2ccc(Cl)c([N+](=O)[O-])c2)c1. The lowest BCUT2D eigenvalue weighted by Crippen LogP contribution is -2.12. The summed E-state index contributed by atoms with van der Waals surface area (Å²) < 4.78 is 0. The van der Waals surface area contributed by atoms with Gasteiger partial charge in [-0.1, -0.05) is 23.6 Å². The molecule has 0 bridgehead atoms. The Kier molecular flexibility index (Phi) is 4.21. The lowest BCUT2D eigenvalue weighted by atomic mass is 10.1. The summed E-state index contributed by atoms with van der Waals surface area (Å²) in [5, 5.41) is 13.4. The molecule has 2 aromatic rings. The Labute approximate surface area is 125 Å². The van der Waals surface area contributed by atoms with Gasteiger partial charge in [-0.25, -0.2) is 0 Å². The summed E-state index contributed by atoms with van der Waals surface area (Å²) in [7, 11) is 0. The van der Waals surface area contributed by atoms with Crippen LogP contribution < -0.4 is 5.32 Å². The van der Waals surface area contributed by atoms with Gasteiger partial charge in [0, 0.05) is 22.9 Å². The molecule has 0 spiro atoms. The first-order valence-corrected chi connectivity index (χ1v) is 6.21. The van der Waals surface area contributed by atoms with Crippen LogP contribution in [0.5, 0.6) is 0 Å². The van der Waals surface area contributed by atoms with Gasteiger partial charge in [0.2, 0.25) is 0 Å². The van der Waals surface area contributed by atoms with Crippen LogP contribution in [0.1, 0.15) is 15.9 Å². The molecule has 21 heavy (non-hydrogen) atoms. The first-order valence-electron chi connectivity index (χ1n) is 5.83. The number of rotatable bonds is 3. The lowest BCUT2D eigenvalue weighted by molar-refractivity contribution is -0.384. The highest BCUT2D eigenvalue weighted by Gasteiger charge is 2.16. The van der Waals surface area contributed by atoms with E-state index in [4.69, 9.17) is 18.0 Å². The molecule has 0 aliphatic rings. The zero-order valence-corrected chi connectivity index (χ0v) is 11.4. The largest absolute Gasteiger partial charge is 0.322 e. The van der Waals surface area contributed by atoms with Crippen molar-refractivity contribution in [1.29, 1.82) is 0 Å². The summed E-state index contributed by atoms with van der Waals surface area (Å²) >= 11 is 5.70. The van der Waals surface area contributed by atoms with Gasteiger partial charge in [0.15, 0.2) is 0 Å². The Balaban J connectivity index is 2.26. The third kappa shape index (κ3) is 3.38. The van der Waals surface area contributed by atoms with Crippen molar-refractivity contribution >= 4 is 28.9 Å². The molecule has 104 valence electrons. The molecule has 1 N–H and O–H groups in total. The molecular weight excluding hydrogens is 292 g/mol. The fourth-order valence-corrected chi connectivity index (χ4v) is 1.87. The summed E-state index contributed by atoms with van der Waals surface area (Å²) in [5.41, 5.74) is 0.946. The number of nitro groups is 1. The van der Waals surface area contributed by atoms with Crippen molar-refractivity contribution < 1.29 is 9.72 Å². The molecule has 0 unspecified atom stereocenters. The fraction of sp³-hybridized carbons (Fsp3) is 0. The van der Waals surface area contributed by atoms with Crippen LogP contribution in [0.25, 0.3) is 0 Å². The van der Waals surface area contributed by atoms with Crippen molar-refractivity contribution in [2.24, 2.45) is 0 Å². The molecule has 0 radical (unpaired) electrons. The maximum atomic E-state index is 12.1. The molecule has 0 saturated carbocycles. The normalized spacial score (nSPS) is 9.71. The number of hydrogen-bond donors (Lipinski definition) is 1. The van der Waals surface area contributed by atoms with E-state index in [1.54, 1.807) is 24.3 Å². The molecule has 0 saturated heterocycles. The van der Waals surface area contributed by atoms with Gasteiger partial charge >= 0.3 is 0 Å². The van der Waals surface area contributed by atoms with E-state index < -0.39 is 10.8 Å². The van der Waals surface area contributed by atoms with E-state index in [2.05, 4.69) is 11.2 Å². The number of benzene rings is 2. The molecule has 0 aromatic heterocycles. The Bertz CT molecular complexity index is 766. The zero-order valence-electron chi connectivity index (χ0n) is 10.7. The summed E-state index contributed by atoms with van der Waals surface area (Å²) in [4.78, 5) is 22.2. The molecule has 2 rings (SSSR count). The quantitative estimate of drug-likeness (QED) is 0.536. The van der Waals surface area contributed by atoms with Crippen molar-refractivity contribution in [3.8, 4) is 12.3 Å². The fourth-order valence-electron chi connectivity index (χ4n) is 1.68. The van der Waals surface area contributed by atoms with Crippen molar-refractivity contribution in [2.75, 3.05) is 5.32 Å². The highest BCUT2D eigenvalue weighted by Crippen LogP contribution is 2.25. The Morgan fingerprint density at radius 3 is 2.71 bits per heavy atom. The van der Waals surface area contributed by atoms with Crippen LogP contribution >= 0.6 is 11.6 Å². The molecule has 0 heterocycles. The molecule has 6 heteroatoms. The summed E-state index contributed by atoms with van der Waals surface area (Å²) in [6.07, 6.45) is 5.28. The van der Waals surface area contributed by atoms with Crippen LogP contribution in [0.3, 0.4) is 0 Å². The molecule has 2 aromatic carbocycles. The van der Waals surface area contributed by atoms with Crippen molar-refractivity contribution in [3.05, 3.63) is 68.7 Å². The Morgan fingerprint density at radius 1 is 1.29 bits per heavy atom. The first kappa shape index (κ1) is 14.6. The minimum Gasteiger partial charge on any atom is -0.322 e. The maximum absolute atomic E-state index is 12.1. The zero-order chi connectivity index (χ0) is 15.4. The van der Waals surface area contributed by atoms with Crippen molar-refractivity contribution in [2.45, 2.75) is 0 Å². The van der Waals surface area contributed by atoms with Crippen LogP contribution in [-0.2, 0) is 0 Å². The molecule has 5 nitrogen and oxygen atoms in total. The van der Waals surface area contributed by atoms with Crippen molar-refractivity contribution in [3.63, 3.8) is 0 Å². The number of nitrogens with one attached hydrogen (secondary N) is 1. The minimum atomic E-state index is -0.641. The van der Waals surface area contributed by atoms with Crippen LogP contribution in [0.15, 0.2) is 42.5 Å². The highest BCUT2D eigenvalue weighted by molar-refractivity contribution is 6.32. The van der Waals surface area contributed by atoms with Gasteiger partial charge in [-0.15, -0.1) is 6.42 Å². The van der Waals surface area contributed by atoms with Gasteiger partial charge in [-0.05, 0) is 30.3 Å². The average molecular weight is 301 g/mol. The summed E-state index contributed by atoms with van der Waals surface area (Å²) in [6, 6.07) is 10.6. The number of halogens is 1. The predicted molar refractivity (Wildman–Crippen MR) is 80.4 cm³/mol. The number of carbonyl (C=O) groups is 1. The van der Waals surface area contributed by atoms with Gasteiger partial charge in [0.05, 0.1) is 4.92 Å². The number of anilines is 1. The van der Waals surface area contributed by atoms with Gasteiger partial charge in [0.1, 0.15) is 5.02 Å². The van der Waals surface area contributed by atoms with Gasteiger partial charge in [-0.3, -0.25) is 14.9 Å².